The van der Waals surface area contributed by atoms with Crippen molar-refractivity contribution < 1.29 is 27.2 Å². The predicted octanol–water partition coefficient (Wildman–Crippen LogP) is 3.51. The largest absolute Gasteiger partial charge is 0.468 e. The molecule has 28 heavy (non-hydrogen) atoms. The molecule has 1 N–H and O–H groups in total. The Morgan fingerprint density at radius 2 is 1.86 bits per heavy atom. The number of benzene rings is 1. The number of nitrogens with one attached hydrogen (secondary N) is 1. The van der Waals surface area contributed by atoms with E-state index in [1.807, 2.05) is 0 Å². The van der Waals surface area contributed by atoms with Gasteiger partial charge in [0.15, 0.2) is 6.61 Å². The molecule has 7 nitrogen and oxygen atoms in total. The third-order valence-corrected chi connectivity index (χ3v) is 6.29. The van der Waals surface area contributed by atoms with Crippen LogP contribution in [0.25, 0.3) is 0 Å². The fraction of sp³-hybridized carbons (Fsp3) is 0.111. The predicted molar refractivity (Wildman–Crippen MR) is 103 cm³/mol. The second kappa shape index (κ2) is 8.70. The normalized spacial score (nSPS) is 11.3. The first-order valence-corrected chi connectivity index (χ1v) is 10.6. The van der Waals surface area contributed by atoms with Gasteiger partial charge >= 0.3 is 5.97 Å². The monoisotopic (exact) mass is 439 g/mol. The van der Waals surface area contributed by atoms with Crippen molar-refractivity contribution in [1.82, 2.24) is 4.72 Å². The number of thiophene rings is 1. The fourth-order valence-electron chi connectivity index (χ4n) is 2.18. The van der Waals surface area contributed by atoms with Crippen molar-refractivity contribution in [3.63, 3.8) is 0 Å². The van der Waals surface area contributed by atoms with Gasteiger partial charge in [0.1, 0.15) is 5.76 Å². The third-order valence-electron chi connectivity index (χ3n) is 3.60. The number of furan rings is 1. The van der Waals surface area contributed by atoms with Gasteiger partial charge in [-0.3, -0.25) is 4.79 Å². The minimum atomic E-state index is -3.77. The number of sulfonamides is 1. The van der Waals surface area contributed by atoms with Crippen LogP contribution < -0.4 is 4.72 Å². The van der Waals surface area contributed by atoms with Gasteiger partial charge in [-0.1, -0.05) is 11.6 Å². The van der Waals surface area contributed by atoms with Gasteiger partial charge in [0, 0.05) is 0 Å². The summed E-state index contributed by atoms with van der Waals surface area (Å²) < 4.78 is 37.4. The Kier molecular flexibility index (Phi) is 6.30. The summed E-state index contributed by atoms with van der Waals surface area (Å²) in [4.78, 5) is 24.4. The molecule has 0 aliphatic rings. The van der Waals surface area contributed by atoms with E-state index in [9.17, 15) is 18.0 Å². The number of halogens is 1. The zero-order chi connectivity index (χ0) is 20.1. The first-order chi connectivity index (χ1) is 13.3. The molecule has 10 heteroatoms. The van der Waals surface area contributed by atoms with Gasteiger partial charge in [0.05, 0.1) is 32.5 Å². The lowest BCUT2D eigenvalue weighted by molar-refractivity contribution is 0.0475. The van der Waals surface area contributed by atoms with E-state index in [2.05, 4.69) is 4.72 Å². The first kappa shape index (κ1) is 20.3. The van der Waals surface area contributed by atoms with Crippen LogP contribution in [0.15, 0.2) is 64.1 Å². The van der Waals surface area contributed by atoms with Crippen LogP contribution in [-0.4, -0.2) is 26.8 Å². The zero-order valence-corrected chi connectivity index (χ0v) is 16.6. The Bertz CT molecular complexity index is 1070. The standard InChI is InChI=1S/C18H14ClNO6S2/c19-17-8-7-16(27-17)15(21)11-26-18(22)12-3-5-14(6-4-12)28(23,24)20-10-13-2-1-9-25-13/h1-9,20H,10-11H2. The maximum absolute atomic E-state index is 12.3. The highest BCUT2D eigenvalue weighted by molar-refractivity contribution is 7.89. The second-order valence-electron chi connectivity index (χ2n) is 5.53. The molecule has 0 spiro atoms. The molecule has 146 valence electrons. The lowest BCUT2D eigenvalue weighted by atomic mass is 10.2. The Balaban J connectivity index is 1.58. The molecule has 0 bridgehead atoms. The summed E-state index contributed by atoms with van der Waals surface area (Å²) in [6.45, 7) is -0.422. The lowest BCUT2D eigenvalue weighted by Gasteiger charge is -2.07. The molecule has 2 heterocycles. The van der Waals surface area contributed by atoms with Gasteiger partial charge in [-0.15, -0.1) is 11.3 Å². The summed E-state index contributed by atoms with van der Waals surface area (Å²) in [6.07, 6.45) is 1.45. The summed E-state index contributed by atoms with van der Waals surface area (Å²) in [5.74, 6) is -0.629. The van der Waals surface area contributed by atoms with Crippen LogP contribution in [0.2, 0.25) is 4.34 Å². The molecule has 3 rings (SSSR count). The van der Waals surface area contributed by atoms with Crippen molar-refractivity contribution in [2.75, 3.05) is 6.61 Å². The Morgan fingerprint density at radius 1 is 1.11 bits per heavy atom. The summed E-state index contributed by atoms with van der Waals surface area (Å²) >= 11 is 6.86. The Labute approximate surface area is 169 Å². The van der Waals surface area contributed by atoms with Crippen LogP contribution in [0.1, 0.15) is 25.8 Å². The molecule has 0 saturated heterocycles. The van der Waals surface area contributed by atoms with E-state index in [-0.39, 0.29) is 22.8 Å². The maximum Gasteiger partial charge on any atom is 0.338 e. The maximum atomic E-state index is 12.3. The van der Waals surface area contributed by atoms with E-state index in [0.29, 0.717) is 15.0 Å². The fourth-order valence-corrected chi connectivity index (χ4v) is 4.14. The quantitative estimate of drug-likeness (QED) is 0.425. The molecule has 0 fully saturated rings. The van der Waals surface area contributed by atoms with E-state index in [1.54, 1.807) is 24.3 Å². The highest BCUT2D eigenvalue weighted by Gasteiger charge is 2.17. The van der Waals surface area contributed by atoms with Crippen LogP contribution >= 0.6 is 22.9 Å². The number of rotatable bonds is 8. The van der Waals surface area contributed by atoms with E-state index < -0.39 is 22.6 Å². The lowest BCUT2D eigenvalue weighted by Crippen LogP contribution is -2.23. The van der Waals surface area contributed by atoms with Crippen molar-refractivity contribution in [3.8, 4) is 0 Å². The van der Waals surface area contributed by atoms with Crippen LogP contribution in [0.3, 0.4) is 0 Å². The van der Waals surface area contributed by atoms with Gasteiger partial charge in [-0.05, 0) is 48.5 Å². The molecule has 0 atom stereocenters. The van der Waals surface area contributed by atoms with Crippen molar-refractivity contribution in [2.24, 2.45) is 0 Å². The van der Waals surface area contributed by atoms with Gasteiger partial charge in [-0.25, -0.2) is 17.9 Å². The zero-order valence-electron chi connectivity index (χ0n) is 14.3. The Hall–Kier alpha value is -2.46. The summed E-state index contributed by atoms with van der Waals surface area (Å²) in [5.41, 5.74) is 0.127. The smallest absolute Gasteiger partial charge is 0.338 e. The first-order valence-electron chi connectivity index (χ1n) is 7.93. The van der Waals surface area contributed by atoms with Gasteiger partial charge < -0.3 is 9.15 Å². The van der Waals surface area contributed by atoms with Crippen LogP contribution in [0.5, 0.6) is 0 Å². The van der Waals surface area contributed by atoms with Crippen molar-refractivity contribution in [3.05, 3.63) is 75.3 Å². The number of esters is 1. The van der Waals surface area contributed by atoms with Gasteiger partial charge in [0.2, 0.25) is 15.8 Å². The number of hydrogen-bond acceptors (Lipinski definition) is 7. The molecule has 0 aliphatic heterocycles. The SMILES string of the molecule is O=C(OCC(=O)c1ccc(Cl)s1)c1ccc(S(=O)(=O)NCc2ccco2)cc1. The summed E-state index contributed by atoms with van der Waals surface area (Å²) in [5, 5.41) is 0. The number of carbonyl (C=O) groups excluding carboxylic acids is 2. The number of Topliss-reactive ketones (excluding diaryl/α,β-unsaturated/α-hetero) is 1. The van der Waals surface area contributed by atoms with Gasteiger partial charge in [0.25, 0.3) is 0 Å². The van der Waals surface area contributed by atoms with Crippen molar-refractivity contribution >= 4 is 44.7 Å². The van der Waals surface area contributed by atoms with Gasteiger partial charge in [-0.2, -0.15) is 0 Å². The highest BCUT2D eigenvalue weighted by atomic mass is 35.5. The molecule has 0 unspecified atom stereocenters. The molecule has 0 aliphatic carbocycles. The highest BCUT2D eigenvalue weighted by Crippen LogP contribution is 2.22. The molecule has 3 aromatic rings. The van der Waals surface area contributed by atoms with Crippen molar-refractivity contribution in [1.29, 1.82) is 0 Å². The minimum Gasteiger partial charge on any atom is -0.468 e. The van der Waals surface area contributed by atoms with Crippen LogP contribution in [0.4, 0.5) is 0 Å². The number of ketones is 1. The van der Waals surface area contributed by atoms with E-state index >= 15 is 0 Å². The molecular weight excluding hydrogens is 426 g/mol. The molecule has 1 aromatic carbocycles. The van der Waals surface area contributed by atoms with E-state index in [1.165, 1.54) is 30.5 Å². The molecule has 0 radical (unpaired) electrons. The third kappa shape index (κ3) is 5.08. The molecule has 0 saturated carbocycles. The Morgan fingerprint density at radius 3 is 2.46 bits per heavy atom. The second-order valence-corrected chi connectivity index (χ2v) is 9.01. The molecule has 0 amide bonds. The average molecular weight is 440 g/mol. The summed E-state index contributed by atoms with van der Waals surface area (Å²) in [6, 6.07) is 11.6. The molecular formula is C18H14ClNO6S2. The number of ether oxygens (including phenoxy) is 1. The number of carbonyl (C=O) groups is 2. The average Bonchev–Trinajstić information content (AvgIpc) is 3.36. The van der Waals surface area contributed by atoms with E-state index in [0.717, 1.165) is 11.3 Å². The van der Waals surface area contributed by atoms with Crippen molar-refractivity contribution in [2.45, 2.75) is 11.4 Å². The minimum absolute atomic E-state index is 0.00791. The van der Waals surface area contributed by atoms with Crippen LogP contribution in [-0.2, 0) is 21.3 Å². The molecule has 2 aromatic heterocycles. The topological polar surface area (TPSA) is 103 Å². The van der Waals surface area contributed by atoms with Crippen LogP contribution in [0, 0.1) is 0 Å². The number of hydrogen-bond donors (Lipinski definition) is 1. The summed E-state index contributed by atoms with van der Waals surface area (Å²) in [7, 11) is -3.77. The van der Waals surface area contributed by atoms with E-state index in [4.69, 9.17) is 20.8 Å².